The molecule has 0 saturated carbocycles. The molecule has 2 atom stereocenters. The lowest BCUT2D eigenvalue weighted by Crippen LogP contribution is -2.34. The van der Waals surface area contributed by atoms with E-state index in [2.05, 4.69) is 10.4 Å². The zero-order valence-electron chi connectivity index (χ0n) is 15.3. The fourth-order valence-electron chi connectivity index (χ4n) is 3.49. The summed E-state index contributed by atoms with van der Waals surface area (Å²) in [6.07, 6.45) is 1.93. The molecule has 0 unspecified atom stereocenters. The first-order valence-electron chi connectivity index (χ1n) is 8.63. The average Bonchev–Trinajstić information content (AvgIpc) is 3.12. The summed E-state index contributed by atoms with van der Waals surface area (Å²) >= 11 is 0. The van der Waals surface area contributed by atoms with E-state index in [0.29, 0.717) is 6.54 Å². The van der Waals surface area contributed by atoms with E-state index in [1.165, 1.54) is 0 Å². The van der Waals surface area contributed by atoms with E-state index in [9.17, 15) is 14.7 Å². The highest BCUT2D eigenvalue weighted by atomic mass is 16.3. The molecule has 0 radical (unpaired) electrons. The Hall–Kier alpha value is -2.67. The van der Waals surface area contributed by atoms with Gasteiger partial charge in [-0.15, -0.1) is 0 Å². The Morgan fingerprint density at radius 3 is 2.73 bits per heavy atom. The number of hydrogen-bond acceptors (Lipinski definition) is 4. The predicted octanol–water partition coefficient (Wildman–Crippen LogP) is 1.06. The Labute approximate surface area is 152 Å². The number of benzene rings is 1. The molecule has 3 rings (SSSR count). The van der Waals surface area contributed by atoms with Gasteiger partial charge in [0, 0.05) is 38.3 Å². The van der Waals surface area contributed by atoms with Crippen molar-refractivity contribution in [1.82, 2.24) is 20.0 Å². The molecule has 1 aromatic carbocycles. The van der Waals surface area contributed by atoms with Crippen LogP contribution in [0.5, 0.6) is 0 Å². The van der Waals surface area contributed by atoms with E-state index in [1.807, 2.05) is 38.2 Å². The molecule has 2 aromatic rings. The van der Waals surface area contributed by atoms with Crippen molar-refractivity contribution in [2.24, 2.45) is 13.0 Å². The monoisotopic (exact) mass is 356 g/mol. The van der Waals surface area contributed by atoms with Crippen LogP contribution >= 0.6 is 0 Å². The maximum Gasteiger partial charge on any atom is 0.226 e. The van der Waals surface area contributed by atoms with Crippen LogP contribution in [0.2, 0.25) is 0 Å². The van der Waals surface area contributed by atoms with Crippen molar-refractivity contribution in [3.8, 4) is 0 Å². The second-order valence-corrected chi connectivity index (χ2v) is 6.76. The zero-order chi connectivity index (χ0) is 18.8. The van der Waals surface area contributed by atoms with Crippen molar-refractivity contribution in [2.45, 2.75) is 32.5 Å². The second kappa shape index (κ2) is 7.29. The predicted molar refractivity (Wildman–Crippen MR) is 95.8 cm³/mol. The van der Waals surface area contributed by atoms with Gasteiger partial charge in [0.2, 0.25) is 11.8 Å². The van der Waals surface area contributed by atoms with Crippen LogP contribution in [-0.2, 0) is 29.8 Å². The number of hydrogen-bond donors (Lipinski definition) is 2. The Kier molecular flexibility index (Phi) is 5.08. The summed E-state index contributed by atoms with van der Waals surface area (Å²) in [7, 11) is 3.58. The summed E-state index contributed by atoms with van der Waals surface area (Å²) in [6.45, 7) is 2.26. The Morgan fingerprint density at radius 1 is 1.35 bits per heavy atom. The molecule has 1 aromatic heterocycles. The van der Waals surface area contributed by atoms with E-state index in [1.54, 1.807) is 22.8 Å². The molecule has 0 bridgehead atoms. The van der Waals surface area contributed by atoms with Crippen molar-refractivity contribution >= 4 is 11.8 Å². The van der Waals surface area contributed by atoms with Gasteiger partial charge < -0.3 is 15.3 Å². The lowest BCUT2D eigenvalue weighted by atomic mass is 9.93. The van der Waals surface area contributed by atoms with E-state index in [-0.39, 0.29) is 30.9 Å². The largest absolute Gasteiger partial charge is 0.392 e. The van der Waals surface area contributed by atoms with Crippen LogP contribution in [0.3, 0.4) is 0 Å². The number of likely N-dealkylation sites (tertiary alicyclic amines) is 1. The third-order valence-corrected chi connectivity index (χ3v) is 5.16. The molecule has 0 spiro atoms. The van der Waals surface area contributed by atoms with Gasteiger partial charge in [-0.2, -0.15) is 5.10 Å². The highest BCUT2D eigenvalue weighted by Crippen LogP contribution is 2.38. The van der Waals surface area contributed by atoms with E-state index < -0.39 is 5.92 Å². The van der Waals surface area contributed by atoms with Crippen molar-refractivity contribution in [3.63, 3.8) is 0 Å². The molecule has 7 nitrogen and oxygen atoms in total. The molecule has 2 N–H and O–H groups in total. The minimum atomic E-state index is -0.448. The number of amides is 2. The van der Waals surface area contributed by atoms with Crippen molar-refractivity contribution in [2.75, 3.05) is 7.05 Å². The standard InChI is InChI=1S/C19H24N4O3/c1-12-16(10-21-23(12)3)18-15(8-17(25)22(18)2)19(26)20-9-13-5-4-6-14(7-13)11-24/h4-7,10,15,18,24H,8-9,11H2,1-3H3,(H,20,26)/t15-,18-/m0/s1. The summed E-state index contributed by atoms with van der Waals surface area (Å²) in [5, 5.41) is 16.4. The first-order valence-corrected chi connectivity index (χ1v) is 8.63. The summed E-state index contributed by atoms with van der Waals surface area (Å²) in [5.74, 6) is -0.637. The lowest BCUT2D eigenvalue weighted by Gasteiger charge is -2.24. The average molecular weight is 356 g/mol. The molecule has 1 saturated heterocycles. The van der Waals surface area contributed by atoms with Crippen LogP contribution in [0.15, 0.2) is 30.5 Å². The van der Waals surface area contributed by atoms with Gasteiger partial charge in [-0.25, -0.2) is 0 Å². The van der Waals surface area contributed by atoms with Gasteiger partial charge >= 0.3 is 0 Å². The van der Waals surface area contributed by atoms with Crippen LogP contribution in [0.1, 0.15) is 34.8 Å². The number of aromatic nitrogens is 2. The normalized spacial score (nSPS) is 19.8. The summed E-state index contributed by atoms with van der Waals surface area (Å²) in [4.78, 5) is 26.7. The highest BCUT2D eigenvalue weighted by Gasteiger charge is 2.43. The summed E-state index contributed by atoms with van der Waals surface area (Å²) in [5.41, 5.74) is 3.57. The summed E-state index contributed by atoms with van der Waals surface area (Å²) < 4.78 is 1.75. The molecule has 138 valence electrons. The van der Waals surface area contributed by atoms with Gasteiger partial charge in [-0.1, -0.05) is 24.3 Å². The molecule has 7 heteroatoms. The second-order valence-electron chi connectivity index (χ2n) is 6.76. The smallest absolute Gasteiger partial charge is 0.226 e. The molecule has 2 amide bonds. The van der Waals surface area contributed by atoms with Gasteiger partial charge in [-0.05, 0) is 18.1 Å². The number of carbonyl (C=O) groups excluding carboxylic acids is 2. The fraction of sp³-hybridized carbons (Fsp3) is 0.421. The Balaban J connectivity index is 1.76. The van der Waals surface area contributed by atoms with Crippen molar-refractivity contribution in [1.29, 1.82) is 0 Å². The first-order chi connectivity index (χ1) is 12.4. The third-order valence-electron chi connectivity index (χ3n) is 5.16. The van der Waals surface area contributed by atoms with Crippen LogP contribution in [0.4, 0.5) is 0 Å². The molecular weight excluding hydrogens is 332 g/mol. The molecule has 26 heavy (non-hydrogen) atoms. The third kappa shape index (κ3) is 3.35. The van der Waals surface area contributed by atoms with Crippen molar-refractivity contribution < 1.29 is 14.7 Å². The minimum Gasteiger partial charge on any atom is -0.392 e. The fourth-order valence-corrected chi connectivity index (χ4v) is 3.49. The number of nitrogens with one attached hydrogen (secondary N) is 1. The van der Waals surface area contributed by atoms with Gasteiger partial charge in [0.1, 0.15) is 0 Å². The van der Waals surface area contributed by atoms with Gasteiger partial charge in [0.05, 0.1) is 24.8 Å². The highest BCUT2D eigenvalue weighted by molar-refractivity contribution is 5.90. The summed E-state index contributed by atoms with van der Waals surface area (Å²) in [6, 6.07) is 7.13. The molecule has 1 aliphatic rings. The molecule has 1 aliphatic heterocycles. The Bertz CT molecular complexity index is 830. The van der Waals surface area contributed by atoms with Gasteiger partial charge in [0.25, 0.3) is 0 Å². The van der Waals surface area contributed by atoms with Gasteiger partial charge in [0.15, 0.2) is 0 Å². The zero-order valence-corrected chi connectivity index (χ0v) is 15.3. The SMILES string of the molecule is Cc1c([C@@H]2[C@@H](C(=O)NCc3cccc(CO)c3)CC(=O)N2C)cnn1C. The van der Waals surface area contributed by atoms with E-state index in [0.717, 1.165) is 22.4 Å². The molecule has 1 fully saturated rings. The Morgan fingerprint density at radius 2 is 2.08 bits per heavy atom. The molecule has 2 heterocycles. The number of aliphatic hydroxyl groups excluding tert-OH is 1. The van der Waals surface area contributed by atoms with Crippen molar-refractivity contribution in [3.05, 3.63) is 52.8 Å². The number of aryl methyl sites for hydroxylation is 1. The van der Waals surface area contributed by atoms with E-state index in [4.69, 9.17) is 0 Å². The molecular formula is C19H24N4O3. The van der Waals surface area contributed by atoms with E-state index >= 15 is 0 Å². The number of aliphatic hydroxyl groups is 1. The number of carbonyl (C=O) groups is 2. The van der Waals surface area contributed by atoms with Crippen LogP contribution < -0.4 is 5.32 Å². The van der Waals surface area contributed by atoms with Crippen LogP contribution in [0, 0.1) is 12.8 Å². The number of rotatable bonds is 5. The quantitative estimate of drug-likeness (QED) is 0.838. The first kappa shape index (κ1) is 18.1. The van der Waals surface area contributed by atoms with Gasteiger partial charge in [-0.3, -0.25) is 14.3 Å². The van der Waals surface area contributed by atoms with Crippen LogP contribution in [0.25, 0.3) is 0 Å². The van der Waals surface area contributed by atoms with Crippen LogP contribution in [-0.4, -0.2) is 38.6 Å². The maximum atomic E-state index is 12.8. The number of nitrogens with zero attached hydrogens (tertiary/aromatic N) is 3. The maximum absolute atomic E-state index is 12.8. The minimum absolute atomic E-state index is 0.0356. The lowest BCUT2D eigenvalue weighted by molar-refractivity contribution is -0.128. The topological polar surface area (TPSA) is 87.5 Å². The molecule has 0 aliphatic carbocycles.